The highest BCUT2D eigenvalue weighted by Crippen LogP contribution is 2.27. The van der Waals surface area contributed by atoms with Gasteiger partial charge in [-0.15, -0.1) is 0 Å². The fourth-order valence-electron chi connectivity index (χ4n) is 1.32. The molecule has 0 fully saturated rings. The summed E-state index contributed by atoms with van der Waals surface area (Å²) in [7, 11) is 0. The van der Waals surface area contributed by atoms with Crippen molar-refractivity contribution in [3.63, 3.8) is 0 Å². The first-order valence-corrected chi connectivity index (χ1v) is 4.89. The quantitative estimate of drug-likeness (QED) is 0.654. The van der Waals surface area contributed by atoms with E-state index in [1.165, 1.54) is 0 Å². The Hall–Kier alpha value is -0.840. The Morgan fingerprint density at radius 1 is 1.54 bits per heavy atom. The van der Waals surface area contributed by atoms with Crippen LogP contribution < -0.4 is 0 Å². The van der Waals surface area contributed by atoms with Gasteiger partial charge in [-0.2, -0.15) is 5.26 Å². The van der Waals surface area contributed by atoms with Gasteiger partial charge in [0.25, 0.3) is 0 Å². The van der Waals surface area contributed by atoms with E-state index in [2.05, 4.69) is 6.07 Å². The lowest BCUT2D eigenvalue weighted by molar-refractivity contribution is -0.123. The van der Waals surface area contributed by atoms with Crippen molar-refractivity contribution in [1.82, 2.24) is 0 Å². The van der Waals surface area contributed by atoms with Gasteiger partial charge in [0.1, 0.15) is 5.78 Å². The summed E-state index contributed by atoms with van der Waals surface area (Å²) in [6.45, 7) is 7.67. The van der Waals surface area contributed by atoms with E-state index in [4.69, 9.17) is 5.26 Å². The third-order valence-corrected chi connectivity index (χ3v) is 2.28. The second-order valence-corrected chi connectivity index (χ2v) is 4.22. The van der Waals surface area contributed by atoms with Crippen LogP contribution in [0.15, 0.2) is 0 Å². The van der Waals surface area contributed by atoms with Crippen molar-refractivity contribution < 1.29 is 4.79 Å². The second kappa shape index (κ2) is 5.01. The molecule has 0 aromatic heterocycles. The highest BCUT2D eigenvalue weighted by Gasteiger charge is 2.27. The minimum atomic E-state index is -0.448. The SMILES string of the molecule is CCCC(C)(C#N)CC(=O)C(C)C. The fraction of sp³-hybridized carbons (Fsp3) is 0.818. The van der Waals surface area contributed by atoms with Crippen LogP contribution in [-0.2, 0) is 4.79 Å². The maximum atomic E-state index is 11.4. The summed E-state index contributed by atoms with van der Waals surface area (Å²) in [6, 6.07) is 2.24. The van der Waals surface area contributed by atoms with Gasteiger partial charge in [-0.25, -0.2) is 0 Å². The number of nitrogens with zero attached hydrogens (tertiary/aromatic N) is 1. The van der Waals surface area contributed by atoms with E-state index in [1.54, 1.807) is 0 Å². The summed E-state index contributed by atoms with van der Waals surface area (Å²) >= 11 is 0. The van der Waals surface area contributed by atoms with Crippen molar-refractivity contribution in [1.29, 1.82) is 5.26 Å². The molecule has 0 radical (unpaired) electrons. The molecule has 0 N–H and O–H groups in total. The molecule has 0 aliphatic carbocycles. The van der Waals surface area contributed by atoms with Crippen molar-refractivity contribution in [3.8, 4) is 6.07 Å². The first-order valence-electron chi connectivity index (χ1n) is 4.89. The van der Waals surface area contributed by atoms with Crippen LogP contribution in [0.3, 0.4) is 0 Å². The molecule has 0 bridgehead atoms. The number of hydrogen-bond acceptors (Lipinski definition) is 2. The number of nitriles is 1. The standard InChI is InChI=1S/C11H19NO/c1-5-6-11(4,8-12)7-10(13)9(2)3/h9H,5-7H2,1-4H3. The van der Waals surface area contributed by atoms with Crippen LogP contribution in [0.25, 0.3) is 0 Å². The number of carbonyl (C=O) groups is 1. The van der Waals surface area contributed by atoms with Gasteiger partial charge in [-0.3, -0.25) is 4.79 Å². The molecule has 0 aliphatic heterocycles. The highest BCUT2D eigenvalue weighted by atomic mass is 16.1. The molecule has 2 nitrogen and oxygen atoms in total. The molecule has 0 aromatic carbocycles. The van der Waals surface area contributed by atoms with E-state index < -0.39 is 5.41 Å². The van der Waals surface area contributed by atoms with E-state index in [0.717, 1.165) is 12.8 Å². The van der Waals surface area contributed by atoms with Gasteiger partial charge < -0.3 is 0 Å². The van der Waals surface area contributed by atoms with Crippen LogP contribution in [-0.4, -0.2) is 5.78 Å². The van der Waals surface area contributed by atoms with Gasteiger partial charge in [0, 0.05) is 12.3 Å². The summed E-state index contributed by atoms with van der Waals surface area (Å²) in [4.78, 5) is 11.4. The number of rotatable bonds is 5. The molecule has 0 spiro atoms. The molecule has 74 valence electrons. The van der Waals surface area contributed by atoms with Gasteiger partial charge in [-0.05, 0) is 13.3 Å². The maximum Gasteiger partial charge on any atom is 0.137 e. The summed E-state index contributed by atoms with van der Waals surface area (Å²) in [5.41, 5.74) is -0.448. The van der Waals surface area contributed by atoms with E-state index in [9.17, 15) is 4.79 Å². The Morgan fingerprint density at radius 3 is 2.38 bits per heavy atom. The molecule has 0 aromatic rings. The monoisotopic (exact) mass is 181 g/mol. The van der Waals surface area contributed by atoms with Gasteiger partial charge in [0.2, 0.25) is 0 Å². The van der Waals surface area contributed by atoms with Gasteiger partial charge in [0.15, 0.2) is 0 Å². The largest absolute Gasteiger partial charge is 0.299 e. The minimum Gasteiger partial charge on any atom is -0.299 e. The number of hydrogen-bond donors (Lipinski definition) is 0. The van der Waals surface area contributed by atoms with Gasteiger partial charge in [-0.1, -0.05) is 27.2 Å². The van der Waals surface area contributed by atoms with Crippen molar-refractivity contribution in [2.45, 2.75) is 47.0 Å². The number of Topliss-reactive ketones (excluding diaryl/α,β-unsaturated/α-hetero) is 1. The zero-order valence-corrected chi connectivity index (χ0v) is 9.05. The smallest absolute Gasteiger partial charge is 0.137 e. The van der Waals surface area contributed by atoms with Crippen LogP contribution >= 0.6 is 0 Å². The molecule has 0 aliphatic rings. The first kappa shape index (κ1) is 12.2. The van der Waals surface area contributed by atoms with Gasteiger partial charge in [0.05, 0.1) is 11.5 Å². The predicted octanol–water partition coefficient (Wildman–Crippen LogP) is 2.93. The minimum absolute atomic E-state index is 0.0459. The molecule has 0 amide bonds. The molecular weight excluding hydrogens is 162 g/mol. The Morgan fingerprint density at radius 2 is 2.08 bits per heavy atom. The predicted molar refractivity (Wildman–Crippen MR) is 53.1 cm³/mol. The van der Waals surface area contributed by atoms with E-state index in [1.807, 2.05) is 27.7 Å². The summed E-state index contributed by atoms with van der Waals surface area (Å²) in [5.74, 6) is 0.238. The highest BCUT2D eigenvalue weighted by molar-refractivity contribution is 5.81. The number of ketones is 1. The lowest BCUT2D eigenvalue weighted by Gasteiger charge is -2.20. The Kier molecular flexibility index (Phi) is 4.69. The second-order valence-electron chi connectivity index (χ2n) is 4.22. The van der Waals surface area contributed by atoms with Crippen LogP contribution in [0.5, 0.6) is 0 Å². The summed E-state index contributed by atoms with van der Waals surface area (Å²) < 4.78 is 0. The van der Waals surface area contributed by atoms with E-state index in [0.29, 0.717) is 6.42 Å². The molecule has 0 rings (SSSR count). The first-order chi connectivity index (χ1) is 5.95. The van der Waals surface area contributed by atoms with Crippen molar-refractivity contribution in [2.24, 2.45) is 11.3 Å². The molecular formula is C11H19NO. The van der Waals surface area contributed by atoms with Crippen LogP contribution in [0, 0.1) is 22.7 Å². The Bertz CT molecular complexity index is 215. The van der Waals surface area contributed by atoms with Crippen LogP contribution in [0.1, 0.15) is 47.0 Å². The molecule has 1 unspecified atom stereocenters. The van der Waals surface area contributed by atoms with Gasteiger partial charge >= 0.3 is 0 Å². The van der Waals surface area contributed by atoms with Crippen LogP contribution in [0.2, 0.25) is 0 Å². The fourth-order valence-corrected chi connectivity index (χ4v) is 1.32. The summed E-state index contributed by atoms with van der Waals surface area (Å²) in [5, 5.41) is 8.94. The average molecular weight is 181 g/mol. The number of carbonyl (C=O) groups excluding carboxylic acids is 1. The maximum absolute atomic E-state index is 11.4. The molecule has 1 atom stereocenters. The van der Waals surface area contributed by atoms with E-state index in [-0.39, 0.29) is 11.7 Å². The lowest BCUT2D eigenvalue weighted by atomic mass is 9.80. The molecule has 0 heterocycles. The van der Waals surface area contributed by atoms with E-state index >= 15 is 0 Å². The third-order valence-electron chi connectivity index (χ3n) is 2.28. The third kappa shape index (κ3) is 4.07. The zero-order valence-electron chi connectivity index (χ0n) is 9.05. The summed E-state index contributed by atoms with van der Waals surface area (Å²) in [6.07, 6.45) is 2.16. The van der Waals surface area contributed by atoms with Crippen LogP contribution in [0.4, 0.5) is 0 Å². The molecule has 2 heteroatoms. The van der Waals surface area contributed by atoms with Crippen molar-refractivity contribution >= 4 is 5.78 Å². The molecule has 0 saturated carbocycles. The average Bonchev–Trinajstić information content (AvgIpc) is 2.04. The lowest BCUT2D eigenvalue weighted by Crippen LogP contribution is -2.21. The Balaban J connectivity index is 4.29. The topological polar surface area (TPSA) is 40.9 Å². The van der Waals surface area contributed by atoms with Crippen molar-refractivity contribution in [2.75, 3.05) is 0 Å². The molecule has 0 saturated heterocycles. The normalized spacial score (nSPS) is 15.1. The Labute approximate surface area is 80.9 Å². The van der Waals surface area contributed by atoms with Crippen molar-refractivity contribution in [3.05, 3.63) is 0 Å². The zero-order chi connectivity index (χ0) is 10.5. The molecule has 13 heavy (non-hydrogen) atoms.